The number of carbonyl (C=O) groups is 3. The van der Waals surface area contributed by atoms with Gasteiger partial charge in [-0.3, -0.25) is 19.4 Å². The molecular formula is C33H31ClFN3O7. The molecule has 1 saturated carbocycles. The summed E-state index contributed by atoms with van der Waals surface area (Å²) in [7, 11) is 1.52. The van der Waals surface area contributed by atoms with Gasteiger partial charge in [-0.2, -0.15) is 0 Å². The highest BCUT2D eigenvalue weighted by atomic mass is 35.5. The van der Waals surface area contributed by atoms with Crippen molar-refractivity contribution in [2.24, 2.45) is 5.41 Å². The van der Waals surface area contributed by atoms with Crippen LogP contribution in [0, 0.1) is 11.2 Å². The van der Waals surface area contributed by atoms with Crippen molar-refractivity contribution in [1.29, 1.82) is 0 Å². The third-order valence-electron chi connectivity index (χ3n) is 7.43. The predicted octanol–water partition coefficient (Wildman–Crippen LogP) is 7.21. The van der Waals surface area contributed by atoms with Crippen molar-refractivity contribution in [2.45, 2.75) is 38.5 Å². The van der Waals surface area contributed by atoms with Gasteiger partial charge in [0.05, 0.1) is 24.9 Å². The number of carboxylic acids is 1. The van der Waals surface area contributed by atoms with E-state index in [2.05, 4.69) is 15.6 Å². The van der Waals surface area contributed by atoms with Crippen LogP contribution in [-0.2, 0) is 14.4 Å². The number of unbranched alkanes of at least 4 members (excludes halogenated alkanes) is 2. The van der Waals surface area contributed by atoms with Gasteiger partial charge in [-0.05, 0) is 80.6 Å². The van der Waals surface area contributed by atoms with Crippen LogP contribution in [-0.4, -0.2) is 41.6 Å². The van der Waals surface area contributed by atoms with Crippen LogP contribution >= 0.6 is 11.6 Å². The molecule has 1 aromatic heterocycles. The Morgan fingerprint density at radius 1 is 0.933 bits per heavy atom. The zero-order chi connectivity index (χ0) is 32.0. The highest BCUT2D eigenvalue weighted by Gasteiger charge is 2.56. The maximum Gasteiger partial charge on any atom is 0.303 e. The zero-order valence-electron chi connectivity index (χ0n) is 24.4. The number of hydrogen-bond acceptors (Lipinski definition) is 7. The molecule has 5 rings (SSSR count). The lowest BCUT2D eigenvalue weighted by Crippen LogP contribution is -2.35. The minimum absolute atomic E-state index is 0.127. The van der Waals surface area contributed by atoms with Crippen LogP contribution in [0.1, 0.15) is 38.5 Å². The quantitative estimate of drug-likeness (QED) is 0.0977. The molecule has 3 aromatic carbocycles. The Balaban J connectivity index is 1.28. The fourth-order valence-corrected chi connectivity index (χ4v) is 4.95. The molecule has 1 heterocycles. The van der Waals surface area contributed by atoms with Gasteiger partial charge in [0.25, 0.3) is 0 Å². The minimum Gasteiger partial charge on any atom is -0.493 e. The second-order valence-electron chi connectivity index (χ2n) is 10.6. The standard InChI is InChI=1S/C33H31ClFN3O7/c1-43-27-18-22-24(19-28(27)44-17-4-2-3-8-29(39)40)36-16-13-25(22)45-26-7-5-6-23(30(26)34)38-32(42)33(14-15-33)31(41)37-21-11-9-20(35)10-12-21/h5-7,9-13,16,18-19H,2-4,8,14-15,17H2,1H3,(H,37,41)(H,38,42)(H,39,40). The minimum atomic E-state index is -1.26. The maximum atomic E-state index is 13.2. The van der Waals surface area contributed by atoms with Gasteiger partial charge < -0.3 is 30.0 Å². The SMILES string of the molecule is COc1cc2c(Oc3cccc(NC(=O)C4(C(=O)Nc5ccc(F)cc5)CC4)c3Cl)ccnc2cc1OCCCCCC(=O)O. The third kappa shape index (κ3) is 7.43. The van der Waals surface area contributed by atoms with Crippen LogP contribution in [0.4, 0.5) is 15.8 Å². The van der Waals surface area contributed by atoms with Crippen LogP contribution in [0.25, 0.3) is 10.9 Å². The fourth-order valence-electron chi connectivity index (χ4n) is 4.74. The van der Waals surface area contributed by atoms with Crippen molar-refractivity contribution in [3.63, 3.8) is 0 Å². The van der Waals surface area contributed by atoms with E-state index >= 15 is 0 Å². The summed E-state index contributed by atoms with van der Waals surface area (Å²) in [5.74, 6) is -0.572. The number of carbonyl (C=O) groups excluding carboxylic acids is 2. The van der Waals surface area contributed by atoms with Crippen molar-refractivity contribution < 1.29 is 38.1 Å². The lowest BCUT2D eigenvalue weighted by atomic mass is 10.0. The van der Waals surface area contributed by atoms with Crippen molar-refractivity contribution >= 4 is 51.7 Å². The smallest absolute Gasteiger partial charge is 0.303 e. The molecule has 0 bridgehead atoms. The zero-order valence-corrected chi connectivity index (χ0v) is 25.2. The normalized spacial score (nSPS) is 13.1. The lowest BCUT2D eigenvalue weighted by molar-refractivity contribution is -0.137. The molecule has 0 aliphatic heterocycles. The number of hydrogen-bond donors (Lipinski definition) is 3. The fraction of sp³-hybridized carbons (Fsp3) is 0.273. The van der Waals surface area contributed by atoms with E-state index in [0.29, 0.717) is 66.1 Å². The topological polar surface area (TPSA) is 136 Å². The number of ether oxygens (including phenoxy) is 3. The number of fused-ring (bicyclic) bond motifs is 1. The lowest BCUT2D eigenvalue weighted by Gasteiger charge is -2.18. The molecule has 2 amide bonds. The number of aliphatic carboxylic acids is 1. The number of nitrogens with one attached hydrogen (secondary N) is 2. The predicted molar refractivity (Wildman–Crippen MR) is 167 cm³/mol. The van der Waals surface area contributed by atoms with Crippen molar-refractivity contribution in [2.75, 3.05) is 24.4 Å². The molecule has 1 aliphatic carbocycles. The number of methoxy groups -OCH3 is 1. The van der Waals surface area contributed by atoms with Crippen LogP contribution in [0.15, 0.2) is 66.9 Å². The average molecular weight is 636 g/mol. The molecule has 3 N–H and O–H groups in total. The summed E-state index contributed by atoms with van der Waals surface area (Å²) in [5.41, 5.74) is -0.0144. The Morgan fingerprint density at radius 3 is 2.40 bits per heavy atom. The molecular weight excluding hydrogens is 605 g/mol. The van der Waals surface area contributed by atoms with E-state index in [-0.39, 0.29) is 22.9 Å². The molecule has 0 spiro atoms. The molecule has 0 radical (unpaired) electrons. The first-order valence-corrected chi connectivity index (χ1v) is 14.7. The number of carboxylic acid groups (broad SMARTS) is 1. The number of amides is 2. The van der Waals surface area contributed by atoms with Crippen LogP contribution < -0.4 is 24.8 Å². The van der Waals surface area contributed by atoms with Crippen LogP contribution in [0.3, 0.4) is 0 Å². The van der Waals surface area contributed by atoms with Gasteiger partial charge in [0, 0.05) is 29.8 Å². The molecule has 10 nitrogen and oxygen atoms in total. The Kier molecular flexibility index (Phi) is 9.68. The van der Waals surface area contributed by atoms with Gasteiger partial charge in [-0.1, -0.05) is 17.7 Å². The maximum absolute atomic E-state index is 13.2. The van der Waals surface area contributed by atoms with E-state index in [0.717, 1.165) is 6.42 Å². The molecule has 12 heteroatoms. The highest BCUT2D eigenvalue weighted by Crippen LogP contribution is 2.48. The van der Waals surface area contributed by atoms with E-state index in [4.69, 9.17) is 30.9 Å². The summed E-state index contributed by atoms with van der Waals surface area (Å²) in [6.45, 7) is 0.390. The Hall–Kier alpha value is -4.90. The number of benzene rings is 3. The number of anilines is 2. The first kappa shape index (κ1) is 31.5. The second kappa shape index (κ2) is 13.8. The van der Waals surface area contributed by atoms with Crippen molar-refractivity contribution in [1.82, 2.24) is 4.98 Å². The highest BCUT2D eigenvalue weighted by molar-refractivity contribution is 6.35. The Labute approximate surface area is 263 Å². The summed E-state index contributed by atoms with van der Waals surface area (Å²) in [6, 6.07) is 15.4. The molecule has 234 valence electrons. The van der Waals surface area contributed by atoms with E-state index < -0.39 is 29.0 Å². The molecule has 0 unspecified atom stereocenters. The first-order valence-electron chi connectivity index (χ1n) is 14.4. The summed E-state index contributed by atoms with van der Waals surface area (Å²) >= 11 is 6.67. The number of nitrogens with zero attached hydrogens (tertiary/aromatic N) is 1. The molecule has 0 saturated heterocycles. The average Bonchev–Trinajstić information content (AvgIpc) is 3.84. The Morgan fingerprint density at radius 2 is 1.69 bits per heavy atom. The number of rotatable bonds is 14. The largest absolute Gasteiger partial charge is 0.493 e. The number of halogens is 2. The van der Waals surface area contributed by atoms with Gasteiger partial charge in [-0.25, -0.2) is 4.39 Å². The molecule has 1 aliphatic rings. The second-order valence-corrected chi connectivity index (χ2v) is 11.0. The van der Waals surface area contributed by atoms with Gasteiger partial charge >= 0.3 is 5.97 Å². The number of pyridine rings is 1. The van der Waals surface area contributed by atoms with E-state index in [1.807, 2.05) is 0 Å². The number of aromatic nitrogens is 1. The summed E-state index contributed by atoms with van der Waals surface area (Å²) in [4.78, 5) is 41.3. The van der Waals surface area contributed by atoms with Gasteiger partial charge in [0.1, 0.15) is 27.8 Å². The van der Waals surface area contributed by atoms with Crippen LogP contribution in [0.2, 0.25) is 5.02 Å². The third-order valence-corrected chi connectivity index (χ3v) is 7.82. The first-order chi connectivity index (χ1) is 21.7. The van der Waals surface area contributed by atoms with E-state index in [1.54, 1.807) is 42.6 Å². The van der Waals surface area contributed by atoms with Crippen molar-refractivity contribution in [3.05, 3.63) is 77.7 Å². The molecule has 45 heavy (non-hydrogen) atoms. The van der Waals surface area contributed by atoms with E-state index in [9.17, 15) is 18.8 Å². The summed E-state index contributed by atoms with van der Waals surface area (Å²) in [6.07, 6.45) is 4.43. The molecule has 0 atom stereocenters. The van der Waals surface area contributed by atoms with Gasteiger partial charge in [0.15, 0.2) is 11.5 Å². The molecule has 1 fully saturated rings. The van der Waals surface area contributed by atoms with Crippen molar-refractivity contribution in [3.8, 4) is 23.0 Å². The molecule has 4 aromatic rings. The van der Waals surface area contributed by atoms with Gasteiger partial charge in [-0.15, -0.1) is 0 Å². The summed E-state index contributed by atoms with van der Waals surface area (Å²) in [5, 5.41) is 15.0. The monoisotopic (exact) mass is 635 g/mol. The van der Waals surface area contributed by atoms with Crippen LogP contribution in [0.5, 0.6) is 23.0 Å². The Bertz CT molecular complexity index is 1730. The van der Waals surface area contributed by atoms with Gasteiger partial charge in [0.2, 0.25) is 11.8 Å². The summed E-state index contributed by atoms with van der Waals surface area (Å²) < 4.78 is 30.9. The van der Waals surface area contributed by atoms with E-state index in [1.165, 1.54) is 31.4 Å².